The van der Waals surface area contributed by atoms with E-state index >= 15 is 0 Å². The van der Waals surface area contributed by atoms with Crippen molar-refractivity contribution in [2.24, 2.45) is 0 Å². The Bertz CT molecular complexity index is 854. The first-order valence-corrected chi connectivity index (χ1v) is 10.3. The van der Waals surface area contributed by atoms with Gasteiger partial charge in [-0.2, -0.15) is 4.31 Å². The maximum atomic E-state index is 12.9. The van der Waals surface area contributed by atoms with Crippen LogP contribution in [0.1, 0.15) is 10.9 Å². The molecule has 0 aliphatic carbocycles. The van der Waals surface area contributed by atoms with Crippen LogP contribution >= 0.6 is 27.7 Å². The maximum Gasteiger partial charge on any atom is 0.269 e. The Hall–Kier alpha value is -1.42. The van der Waals surface area contributed by atoms with Crippen molar-refractivity contribution in [1.82, 2.24) is 4.31 Å². The molecule has 3 rings (SSSR count). The second-order valence-electron chi connectivity index (χ2n) is 5.14. The summed E-state index contributed by atoms with van der Waals surface area (Å²) in [6.07, 6.45) is 0. The Kier molecular flexibility index (Phi) is 4.95. The van der Waals surface area contributed by atoms with E-state index in [-0.39, 0.29) is 16.0 Å². The van der Waals surface area contributed by atoms with Crippen LogP contribution in [0.15, 0.2) is 57.9 Å². The van der Waals surface area contributed by atoms with Crippen molar-refractivity contribution >= 4 is 43.4 Å². The molecule has 0 bridgehead atoms. The van der Waals surface area contributed by atoms with E-state index in [4.69, 9.17) is 0 Å². The summed E-state index contributed by atoms with van der Waals surface area (Å²) in [5.41, 5.74) is 0.729. The summed E-state index contributed by atoms with van der Waals surface area (Å²) in [6, 6.07) is 12.5. The van der Waals surface area contributed by atoms with Gasteiger partial charge in [0.15, 0.2) is 0 Å². The number of hydrogen-bond donors (Lipinski definition) is 0. The number of nitro groups is 1. The van der Waals surface area contributed by atoms with Gasteiger partial charge in [-0.1, -0.05) is 15.9 Å². The topological polar surface area (TPSA) is 80.5 Å². The van der Waals surface area contributed by atoms with Gasteiger partial charge in [0.2, 0.25) is 10.0 Å². The summed E-state index contributed by atoms with van der Waals surface area (Å²) >= 11 is 4.81. The zero-order valence-corrected chi connectivity index (χ0v) is 15.6. The Morgan fingerprint density at radius 2 is 1.75 bits per heavy atom. The molecule has 126 valence electrons. The van der Waals surface area contributed by atoms with Gasteiger partial charge in [0, 0.05) is 28.9 Å². The molecular weight excluding hydrogens is 416 g/mol. The van der Waals surface area contributed by atoms with Gasteiger partial charge in [-0.25, -0.2) is 8.42 Å². The van der Waals surface area contributed by atoms with E-state index in [1.165, 1.54) is 28.2 Å². The van der Waals surface area contributed by atoms with Gasteiger partial charge in [-0.05, 0) is 42.0 Å². The van der Waals surface area contributed by atoms with Crippen LogP contribution in [0.3, 0.4) is 0 Å². The number of halogens is 1. The van der Waals surface area contributed by atoms with Crippen LogP contribution in [0.25, 0.3) is 0 Å². The predicted molar refractivity (Wildman–Crippen MR) is 96.3 cm³/mol. The van der Waals surface area contributed by atoms with Gasteiger partial charge < -0.3 is 0 Å². The van der Waals surface area contributed by atoms with E-state index in [9.17, 15) is 18.5 Å². The number of non-ortho nitro benzene ring substituents is 1. The summed E-state index contributed by atoms with van der Waals surface area (Å²) in [5.74, 6) is 0.678. The Balaban J connectivity index is 1.92. The van der Waals surface area contributed by atoms with Crippen molar-refractivity contribution in [2.75, 3.05) is 12.3 Å². The first kappa shape index (κ1) is 17.4. The number of nitrogens with zero attached hydrogens (tertiary/aromatic N) is 2. The Labute approximate surface area is 152 Å². The minimum absolute atomic E-state index is 0.0101. The molecule has 24 heavy (non-hydrogen) atoms. The highest BCUT2D eigenvalue weighted by molar-refractivity contribution is 9.10. The lowest BCUT2D eigenvalue weighted by Crippen LogP contribution is -2.30. The molecule has 0 N–H and O–H groups in total. The van der Waals surface area contributed by atoms with Crippen molar-refractivity contribution < 1.29 is 13.3 Å². The smallest absolute Gasteiger partial charge is 0.258 e. The zero-order chi connectivity index (χ0) is 17.3. The molecule has 1 saturated heterocycles. The highest BCUT2D eigenvalue weighted by atomic mass is 79.9. The van der Waals surface area contributed by atoms with E-state index in [1.54, 1.807) is 36.4 Å². The van der Waals surface area contributed by atoms with E-state index in [0.29, 0.717) is 12.3 Å². The number of benzene rings is 2. The standard InChI is InChI=1S/C15H13BrN2O4S2/c16-12-3-7-14(8-4-12)24(21,22)17-9-10-23-15(17)11-1-5-13(6-2-11)18(19)20/h1-8,15H,9-10H2/t15-/m0/s1. The lowest BCUT2D eigenvalue weighted by Gasteiger charge is -2.23. The lowest BCUT2D eigenvalue weighted by atomic mass is 10.2. The SMILES string of the molecule is O=[N+]([O-])c1ccc([C@@H]2SCCN2S(=O)(=O)c2ccc(Br)cc2)cc1. The van der Waals surface area contributed by atoms with E-state index in [0.717, 1.165) is 10.0 Å². The molecule has 0 aromatic heterocycles. The fourth-order valence-electron chi connectivity index (χ4n) is 2.47. The third-order valence-electron chi connectivity index (χ3n) is 3.66. The van der Waals surface area contributed by atoms with Gasteiger partial charge in [-0.15, -0.1) is 11.8 Å². The minimum Gasteiger partial charge on any atom is -0.258 e. The van der Waals surface area contributed by atoms with Crippen LogP contribution < -0.4 is 0 Å². The fourth-order valence-corrected chi connectivity index (χ4v) is 5.97. The largest absolute Gasteiger partial charge is 0.269 e. The van der Waals surface area contributed by atoms with Crippen molar-refractivity contribution in [2.45, 2.75) is 10.3 Å². The molecule has 6 nitrogen and oxygen atoms in total. The lowest BCUT2D eigenvalue weighted by molar-refractivity contribution is -0.384. The summed E-state index contributed by atoms with van der Waals surface area (Å²) in [7, 11) is -3.62. The third-order valence-corrected chi connectivity index (χ3v) is 7.46. The first-order valence-electron chi connectivity index (χ1n) is 7.03. The molecule has 0 spiro atoms. The molecule has 1 heterocycles. The molecule has 1 aliphatic rings. The minimum atomic E-state index is -3.62. The normalized spacial score (nSPS) is 18.6. The number of nitro benzene ring substituents is 1. The van der Waals surface area contributed by atoms with Crippen molar-refractivity contribution in [1.29, 1.82) is 0 Å². The molecule has 0 saturated carbocycles. The first-order chi connectivity index (χ1) is 11.4. The zero-order valence-electron chi connectivity index (χ0n) is 12.3. The Morgan fingerprint density at radius 1 is 1.12 bits per heavy atom. The molecular formula is C15H13BrN2O4S2. The van der Waals surface area contributed by atoms with E-state index in [2.05, 4.69) is 15.9 Å². The quantitative estimate of drug-likeness (QED) is 0.546. The molecule has 0 amide bonds. The molecule has 1 atom stereocenters. The molecule has 0 unspecified atom stereocenters. The van der Waals surface area contributed by atoms with Gasteiger partial charge >= 0.3 is 0 Å². The predicted octanol–water partition coefficient (Wildman–Crippen LogP) is 3.79. The molecule has 9 heteroatoms. The number of rotatable bonds is 4. The van der Waals surface area contributed by atoms with Crippen LogP contribution in [-0.2, 0) is 10.0 Å². The highest BCUT2D eigenvalue weighted by Gasteiger charge is 2.36. The van der Waals surface area contributed by atoms with Crippen LogP contribution in [0.5, 0.6) is 0 Å². The molecule has 2 aromatic rings. The number of sulfonamides is 1. The van der Waals surface area contributed by atoms with Crippen LogP contribution in [0.4, 0.5) is 5.69 Å². The molecule has 1 fully saturated rings. The fraction of sp³-hybridized carbons (Fsp3) is 0.200. The van der Waals surface area contributed by atoms with Crippen LogP contribution in [0, 0.1) is 10.1 Å². The number of thioether (sulfide) groups is 1. The van der Waals surface area contributed by atoms with Gasteiger partial charge in [0.1, 0.15) is 0 Å². The average Bonchev–Trinajstić information content (AvgIpc) is 3.06. The van der Waals surface area contributed by atoms with Crippen LogP contribution in [-0.4, -0.2) is 29.9 Å². The van der Waals surface area contributed by atoms with Crippen molar-refractivity contribution in [3.8, 4) is 0 Å². The van der Waals surface area contributed by atoms with Crippen LogP contribution in [0.2, 0.25) is 0 Å². The number of hydrogen-bond acceptors (Lipinski definition) is 5. The summed E-state index contributed by atoms with van der Waals surface area (Å²) < 4.78 is 28.0. The maximum absolute atomic E-state index is 12.9. The monoisotopic (exact) mass is 428 g/mol. The van der Waals surface area contributed by atoms with Crippen molar-refractivity contribution in [3.05, 3.63) is 68.7 Å². The van der Waals surface area contributed by atoms with Gasteiger partial charge in [0.25, 0.3) is 5.69 Å². The molecule has 2 aromatic carbocycles. The average molecular weight is 429 g/mol. The second kappa shape index (κ2) is 6.83. The van der Waals surface area contributed by atoms with Gasteiger partial charge in [0.05, 0.1) is 15.2 Å². The molecule has 1 aliphatic heterocycles. The summed E-state index contributed by atoms with van der Waals surface area (Å²) in [6.45, 7) is 0.407. The highest BCUT2D eigenvalue weighted by Crippen LogP contribution is 2.41. The third kappa shape index (κ3) is 3.34. The van der Waals surface area contributed by atoms with E-state index < -0.39 is 14.9 Å². The second-order valence-corrected chi connectivity index (χ2v) is 9.14. The Morgan fingerprint density at radius 3 is 2.33 bits per heavy atom. The summed E-state index contributed by atoms with van der Waals surface area (Å²) in [4.78, 5) is 10.5. The van der Waals surface area contributed by atoms with Crippen molar-refractivity contribution in [3.63, 3.8) is 0 Å². The van der Waals surface area contributed by atoms with Gasteiger partial charge in [-0.3, -0.25) is 10.1 Å². The van der Waals surface area contributed by atoms with E-state index in [1.807, 2.05) is 0 Å². The summed E-state index contributed by atoms with van der Waals surface area (Å²) in [5, 5.41) is 10.4. The molecule has 0 radical (unpaired) electrons.